The lowest BCUT2D eigenvalue weighted by Gasteiger charge is -2.42. The molecule has 0 radical (unpaired) electrons. The van der Waals surface area contributed by atoms with E-state index < -0.39 is 35.1 Å². The number of methoxy groups -OCH3 is 1. The second kappa shape index (κ2) is 10.1. The zero-order valence-electron chi connectivity index (χ0n) is 23.4. The molecule has 0 aliphatic carbocycles. The number of anilines is 1. The van der Waals surface area contributed by atoms with E-state index in [1.807, 2.05) is 57.2 Å². The first kappa shape index (κ1) is 27.4. The van der Waals surface area contributed by atoms with Crippen molar-refractivity contribution in [1.82, 2.24) is 9.80 Å². The van der Waals surface area contributed by atoms with Crippen LogP contribution in [0.4, 0.5) is 5.69 Å². The quantitative estimate of drug-likeness (QED) is 0.537. The summed E-state index contributed by atoms with van der Waals surface area (Å²) in [6.07, 6.45) is 8.74. The monoisotopic (exact) mass is 537 g/mol. The Kier molecular flexibility index (Phi) is 7.09. The van der Waals surface area contributed by atoms with Crippen molar-refractivity contribution < 1.29 is 29.0 Å². The van der Waals surface area contributed by atoms with Crippen molar-refractivity contribution in [3.8, 4) is 5.75 Å². The molecule has 7 atom stereocenters. The number of nitrogens with zero attached hydrogens (tertiary/aromatic N) is 3. The highest BCUT2D eigenvalue weighted by molar-refractivity contribution is 6.06. The van der Waals surface area contributed by atoms with Crippen LogP contribution < -0.4 is 9.64 Å². The van der Waals surface area contributed by atoms with Crippen LogP contribution in [0.3, 0.4) is 0 Å². The third kappa shape index (κ3) is 3.92. The van der Waals surface area contributed by atoms with Crippen molar-refractivity contribution in [2.75, 3.05) is 38.8 Å². The number of hydrogen-bond acceptors (Lipinski definition) is 6. The maximum absolute atomic E-state index is 14.6. The molecule has 0 saturated carbocycles. The summed E-state index contributed by atoms with van der Waals surface area (Å²) in [5.41, 5.74) is -1.71. The van der Waals surface area contributed by atoms with Crippen LogP contribution in [0.5, 0.6) is 5.75 Å². The molecule has 0 aromatic heterocycles. The van der Waals surface area contributed by atoms with Gasteiger partial charge >= 0.3 is 0 Å². The van der Waals surface area contributed by atoms with Gasteiger partial charge in [-0.2, -0.15) is 0 Å². The molecule has 4 heterocycles. The number of amides is 3. The van der Waals surface area contributed by atoms with E-state index in [0.29, 0.717) is 30.8 Å². The number of aliphatic hydroxyl groups excluding tert-OH is 1. The van der Waals surface area contributed by atoms with Gasteiger partial charge in [0.05, 0.1) is 37.2 Å². The fourth-order valence-electron chi connectivity index (χ4n) is 6.99. The molecule has 2 fully saturated rings. The Labute approximate surface area is 230 Å². The zero-order valence-corrected chi connectivity index (χ0v) is 23.4. The molecule has 5 rings (SSSR count). The molecule has 0 bridgehead atoms. The fourth-order valence-corrected chi connectivity index (χ4v) is 6.99. The van der Waals surface area contributed by atoms with Gasteiger partial charge in [-0.1, -0.05) is 51.5 Å². The molecule has 9 nitrogen and oxygen atoms in total. The van der Waals surface area contributed by atoms with Crippen molar-refractivity contribution in [3.05, 3.63) is 48.6 Å². The lowest BCUT2D eigenvalue weighted by molar-refractivity contribution is -0.153. The zero-order chi connectivity index (χ0) is 28.1. The second-order valence-electron chi connectivity index (χ2n) is 11.2. The molecule has 210 valence electrons. The molecule has 3 amide bonds. The summed E-state index contributed by atoms with van der Waals surface area (Å²) in [5.74, 6) is -1.86. The Morgan fingerprint density at radius 1 is 1.03 bits per heavy atom. The molecule has 1 aromatic carbocycles. The van der Waals surface area contributed by atoms with E-state index in [9.17, 15) is 19.5 Å². The Hall–Kier alpha value is -3.17. The lowest BCUT2D eigenvalue weighted by Crippen LogP contribution is -2.60. The Bertz CT molecular complexity index is 1200. The minimum absolute atomic E-state index is 0.0763. The summed E-state index contributed by atoms with van der Waals surface area (Å²) in [6, 6.07) is 5.57. The van der Waals surface area contributed by atoms with Gasteiger partial charge in [0.2, 0.25) is 11.8 Å². The van der Waals surface area contributed by atoms with E-state index in [4.69, 9.17) is 9.47 Å². The van der Waals surface area contributed by atoms with Crippen molar-refractivity contribution in [3.63, 3.8) is 0 Å². The highest BCUT2D eigenvalue weighted by atomic mass is 16.5. The fraction of sp³-hybridized carbons (Fsp3) is 0.567. The third-order valence-electron chi connectivity index (χ3n) is 9.31. The van der Waals surface area contributed by atoms with Crippen molar-refractivity contribution in [2.45, 2.75) is 56.9 Å². The summed E-state index contributed by atoms with van der Waals surface area (Å²) < 4.78 is 12.3. The number of rotatable bonds is 7. The van der Waals surface area contributed by atoms with E-state index in [-0.39, 0.29) is 36.8 Å². The molecule has 1 spiro atoms. The van der Waals surface area contributed by atoms with Crippen LogP contribution in [-0.2, 0) is 19.1 Å². The number of likely N-dealkylation sites (tertiary alicyclic amines) is 1. The van der Waals surface area contributed by atoms with Crippen LogP contribution in [-0.4, -0.2) is 89.8 Å². The van der Waals surface area contributed by atoms with Crippen LogP contribution >= 0.6 is 0 Å². The summed E-state index contributed by atoms with van der Waals surface area (Å²) in [4.78, 5) is 47.8. The number of likely N-dealkylation sites (N-methyl/N-ethyl adjacent to an activating group) is 1. The number of aliphatic hydroxyl groups is 1. The Morgan fingerprint density at radius 2 is 1.72 bits per heavy atom. The van der Waals surface area contributed by atoms with E-state index >= 15 is 0 Å². The largest absolute Gasteiger partial charge is 0.497 e. The standard InChI is InChI=1S/C30H39N3O6/c1-6-19(3)22(18-34)33-25-28(37)32(20-10-12-21(38-5)13-11-20)17-9-15-30(25)24(27(33)36)23-26(35)31(4)16-8-14-29(23,7-2)39-30/h8-15,19,22-25,34H,6-7,16-18H2,1-5H3/t19-,22-,23+,24-,25?,29-,30-/m0/s1. The van der Waals surface area contributed by atoms with Gasteiger partial charge in [-0.15, -0.1) is 0 Å². The van der Waals surface area contributed by atoms with Crippen molar-refractivity contribution in [1.29, 1.82) is 0 Å². The maximum Gasteiger partial charge on any atom is 0.253 e. The molecule has 4 aliphatic rings. The van der Waals surface area contributed by atoms with Gasteiger partial charge in [-0.05, 0) is 36.6 Å². The van der Waals surface area contributed by atoms with Crippen LogP contribution in [0, 0.1) is 17.8 Å². The number of ether oxygens (including phenoxy) is 2. The first-order valence-corrected chi connectivity index (χ1v) is 13.9. The van der Waals surface area contributed by atoms with E-state index in [0.717, 1.165) is 0 Å². The maximum atomic E-state index is 14.6. The number of benzene rings is 1. The summed E-state index contributed by atoms with van der Waals surface area (Å²) in [5, 5.41) is 10.5. The van der Waals surface area contributed by atoms with E-state index in [2.05, 4.69) is 0 Å². The van der Waals surface area contributed by atoms with Gasteiger partial charge in [0.25, 0.3) is 5.91 Å². The van der Waals surface area contributed by atoms with Gasteiger partial charge in [-0.3, -0.25) is 14.4 Å². The molecule has 1 N–H and O–H groups in total. The van der Waals surface area contributed by atoms with E-state index in [1.54, 1.807) is 41.0 Å². The average molecular weight is 538 g/mol. The molecular formula is C30H39N3O6. The second-order valence-corrected chi connectivity index (χ2v) is 11.2. The van der Waals surface area contributed by atoms with Crippen LogP contribution in [0.15, 0.2) is 48.6 Å². The number of fused-ring (bicyclic) bond motifs is 2. The average Bonchev–Trinajstić information content (AvgIpc) is 3.25. The molecule has 1 unspecified atom stereocenters. The molecule has 9 heteroatoms. The summed E-state index contributed by atoms with van der Waals surface area (Å²) >= 11 is 0. The minimum atomic E-state index is -1.35. The number of hydrogen-bond donors (Lipinski definition) is 1. The number of carbonyl (C=O) groups excluding carboxylic acids is 3. The molecular weight excluding hydrogens is 498 g/mol. The lowest BCUT2D eigenvalue weighted by atomic mass is 9.73. The van der Waals surface area contributed by atoms with Gasteiger partial charge < -0.3 is 29.3 Å². The predicted molar refractivity (Wildman–Crippen MR) is 146 cm³/mol. The highest BCUT2D eigenvalue weighted by Gasteiger charge is 2.76. The van der Waals surface area contributed by atoms with Gasteiger partial charge in [0, 0.05) is 25.8 Å². The summed E-state index contributed by atoms with van der Waals surface area (Å²) in [7, 11) is 3.31. The van der Waals surface area contributed by atoms with Crippen molar-refractivity contribution in [2.24, 2.45) is 17.8 Å². The van der Waals surface area contributed by atoms with Gasteiger partial charge in [0.1, 0.15) is 17.4 Å². The topological polar surface area (TPSA) is 99.6 Å². The Morgan fingerprint density at radius 3 is 2.33 bits per heavy atom. The van der Waals surface area contributed by atoms with Crippen molar-refractivity contribution >= 4 is 23.4 Å². The smallest absolute Gasteiger partial charge is 0.253 e. The highest BCUT2D eigenvalue weighted by Crippen LogP contribution is 2.59. The SMILES string of the molecule is CC[C@H](C)[C@H](CO)N1C(=O)[C@@H]2[C@@H]3C(=O)N(C)CC=C[C@]3(CC)O[C@@]23C=CCN(c2ccc(OC)cc2)C(=O)C13. The predicted octanol–water partition coefficient (Wildman–Crippen LogP) is 2.39. The Balaban J connectivity index is 1.69. The summed E-state index contributed by atoms with van der Waals surface area (Å²) in [6.45, 7) is 6.33. The number of carbonyl (C=O) groups is 3. The van der Waals surface area contributed by atoms with Crippen LogP contribution in [0.1, 0.15) is 33.6 Å². The molecule has 39 heavy (non-hydrogen) atoms. The molecule has 1 aromatic rings. The van der Waals surface area contributed by atoms with Gasteiger partial charge in [-0.25, -0.2) is 0 Å². The van der Waals surface area contributed by atoms with Crippen LogP contribution in [0.2, 0.25) is 0 Å². The van der Waals surface area contributed by atoms with Gasteiger partial charge in [0.15, 0.2) is 0 Å². The third-order valence-corrected chi connectivity index (χ3v) is 9.31. The first-order valence-electron chi connectivity index (χ1n) is 13.9. The normalized spacial score (nSPS) is 33.4. The molecule has 2 saturated heterocycles. The van der Waals surface area contributed by atoms with Crippen LogP contribution in [0.25, 0.3) is 0 Å². The minimum Gasteiger partial charge on any atom is -0.497 e. The first-order chi connectivity index (χ1) is 18.7. The van der Waals surface area contributed by atoms with E-state index in [1.165, 1.54) is 0 Å². The molecule has 4 aliphatic heterocycles.